The Hall–Kier alpha value is -0.970. The first-order chi connectivity index (χ1) is 7.08. The van der Waals surface area contributed by atoms with Gasteiger partial charge in [0.2, 0.25) is 5.91 Å². The number of benzene rings is 1. The third kappa shape index (κ3) is 2.02. The number of carbonyl (C=O) groups is 1. The van der Waals surface area contributed by atoms with Gasteiger partial charge in [-0.15, -0.1) is 0 Å². The first-order valence-corrected chi connectivity index (χ1v) is 5.28. The zero-order chi connectivity index (χ0) is 11.0. The Morgan fingerprint density at radius 3 is 2.40 bits per heavy atom. The lowest BCUT2D eigenvalue weighted by atomic mass is 9.97. The summed E-state index contributed by atoms with van der Waals surface area (Å²) in [5, 5.41) is 2.55. The van der Waals surface area contributed by atoms with Crippen molar-refractivity contribution in [3.63, 3.8) is 0 Å². The average molecular weight is 276 g/mol. The molecule has 1 aliphatic heterocycles. The van der Waals surface area contributed by atoms with Crippen molar-refractivity contribution in [2.75, 3.05) is 6.54 Å². The minimum absolute atomic E-state index is 0.00319. The molecule has 1 N–H and O–H groups in total. The fourth-order valence-corrected chi connectivity index (χ4v) is 2.15. The Bertz CT molecular complexity index is 399. The maximum absolute atomic E-state index is 13.5. The SMILES string of the molecule is O=C1C[C@H](c2c(F)cc(Br)cc2F)CN1. The third-order valence-corrected chi connectivity index (χ3v) is 2.89. The third-order valence-electron chi connectivity index (χ3n) is 2.43. The number of carbonyl (C=O) groups excluding carboxylic acids is 1. The van der Waals surface area contributed by atoms with Crippen LogP contribution in [0.25, 0.3) is 0 Å². The van der Waals surface area contributed by atoms with E-state index in [9.17, 15) is 13.6 Å². The predicted molar refractivity (Wildman–Crippen MR) is 54.4 cm³/mol. The van der Waals surface area contributed by atoms with E-state index in [0.717, 1.165) is 0 Å². The summed E-state index contributed by atoms with van der Waals surface area (Å²) in [6, 6.07) is 2.42. The number of nitrogens with one attached hydrogen (secondary N) is 1. The van der Waals surface area contributed by atoms with Crippen molar-refractivity contribution in [3.05, 3.63) is 33.8 Å². The Kier molecular flexibility index (Phi) is 2.73. The molecule has 2 rings (SSSR count). The van der Waals surface area contributed by atoms with Crippen LogP contribution in [0.4, 0.5) is 8.78 Å². The van der Waals surface area contributed by atoms with E-state index in [4.69, 9.17) is 0 Å². The predicted octanol–water partition coefficient (Wildman–Crippen LogP) is 2.33. The molecule has 1 aliphatic rings. The summed E-state index contributed by atoms with van der Waals surface area (Å²) in [7, 11) is 0. The van der Waals surface area contributed by atoms with Gasteiger partial charge in [0.05, 0.1) is 0 Å². The topological polar surface area (TPSA) is 29.1 Å². The van der Waals surface area contributed by atoms with Crippen molar-refractivity contribution in [2.45, 2.75) is 12.3 Å². The highest BCUT2D eigenvalue weighted by Gasteiger charge is 2.28. The Labute approximate surface area is 93.8 Å². The quantitative estimate of drug-likeness (QED) is 0.838. The molecule has 2 nitrogen and oxygen atoms in total. The first-order valence-electron chi connectivity index (χ1n) is 4.49. The second-order valence-electron chi connectivity index (χ2n) is 3.49. The van der Waals surface area contributed by atoms with E-state index >= 15 is 0 Å². The van der Waals surface area contributed by atoms with Gasteiger partial charge in [-0.3, -0.25) is 4.79 Å². The largest absolute Gasteiger partial charge is 0.355 e. The summed E-state index contributed by atoms with van der Waals surface area (Å²) >= 11 is 3.00. The number of hydrogen-bond donors (Lipinski definition) is 1. The molecule has 1 atom stereocenters. The van der Waals surface area contributed by atoms with Crippen LogP contribution in [-0.2, 0) is 4.79 Å². The smallest absolute Gasteiger partial charge is 0.220 e. The van der Waals surface area contributed by atoms with Crippen LogP contribution < -0.4 is 5.32 Å². The lowest BCUT2D eigenvalue weighted by molar-refractivity contribution is -0.119. The molecule has 0 bridgehead atoms. The molecular weight excluding hydrogens is 268 g/mol. The second-order valence-corrected chi connectivity index (χ2v) is 4.40. The van der Waals surface area contributed by atoms with E-state index in [1.165, 1.54) is 12.1 Å². The molecule has 0 spiro atoms. The van der Waals surface area contributed by atoms with Crippen LogP contribution in [0.1, 0.15) is 17.9 Å². The molecule has 0 aliphatic carbocycles. The van der Waals surface area contributed by atoms with E-state index in [1.54, 1.807) is 0 Å². The summed E-state index contributed by atoms with van der Waals surface area (Å²) < 4.78 is 27.3. The van der Waals surface area contributed by atoms with Gasteiger partial charge in [-0.2, -0.15) is 0 Å². The van der Waals surface area contributed by atoms with Gasteiger partial charge in [-0.05, 0) is 12.1 Å². The molecule has 0 radical (unpaired) electrons. The van der Waals surface area contributed by atoms with Crippen molar-refractivity contribution in [1.82, 2.24) is 5.32 Å². The number of hydrogen-bond acceptors (Lipinski definition) is 1. The summed E-state index contributed by atoms with van der Waals surface area (Å²) in [5.41, 5.74) is -0.00319. The molecule has 0 saturated carbocycles. The van der Waals surface area contributed by atoms with Gasteiger partial charge in [0.25, 0.3) is 0 Å². The highest BCUT2D eigenvalue weighted by molar-refractivity contribution is 9.10. The normalized spacial score (nSPS) is 20.5. The zero-order valence-electron chi connectivity index (χ0n) is 7.69. The van der Waals surface area contributed by atoms with E-state index in [2.05, 4.69) is 21.2 Å². The monoisotopic (exact) mass is 275 g/mol. The van der Waals surface area contributed by atoms with Gasteiger partial charge >= 0.3 is 0 Å². The van der Waals surface area contributed by atoms with Crippen molar-refractivity contribution in [3.8, 4) is 0 Å². The molecule has 1 heterocycles. The summed E-state index contributed by atoms with van der Waals surface area (Å²) in [4.78, 5) is 11.0. The molecule has 1 aromatic carbocycles. The minimum Gasteiger partial charge on any atom is -0.355 e. The Morgan fingerprint density at radius 1 is 1.33 bits per heavy atom. The van der Waals surface area contributed by atoms with Gasteiger partial charge in [0.15, 0.2) is 0 Å². The summed E-state index contributed by atoms with van der Waals surface area (Å²) in [6.07, 6.45) is 0.148. The molecule has 0 aromatic heterocycles. The van der Waals surface area contributed by atoms with Crippen LogP contribution in [0.15, 0.2) is 16.6 Å². The molecule has 80 valence electrons. The van der Waals surface area contributed by atoms with Crippen LogP contribution in [-0.4, -0.2) is 12.5 Å². The fraction of sp³-hybridized carbons (Fsp3) is 0.300. The maximum atomic E-state index is 13.5. The summed E-state index contributed by atoms with van der Waals surface area (Å²) in [5.74, 6) is -1.78. The van der Waals surface area contributed by atoms with Crippen LogP contribution in [0.5, 0.6) is 0 Å². The Balaban J connectivity index is 2.39. The van der Waals surface area contributed by atoms with Gasteiger partial charge in [0, 0.05) is 28.9 Å². The van der Waals surface area contributed by atoms with Crippen LogP contribution in [0.2, 0.25) is 0 Å². The van der Waals surface area contributed by atoms with Gasteiger partial charge in [-0.25, -0.2) is 8.78 Å². The lowest BCUT2D eigenvalue weighted by Gasteiger charge is -2.10. The molecule has 1 fully saturated rings. The molecule has 1 amide bonds. The fourth-order valence-electron chi connectivity index (χ4n) is 1.75. The highest BCUT2D eigenvalue weighted by Crippen LogP contribution is 2.30. The standard InChI is InChI=1S/C10H8BrF2NO/c11-6-2-7(12)10(8(13)3-6)5-1-9(15)14-4-5/h2-3,5H,1,4H2,(H,14,15)/t5-/m0/s1. The van der Waals surface area contributed by atoms with Crippen molar-refractivity contribution in [2.24, 2.45) is 0 Å². The molecule has 15 heavy (non-hydrogen) atoms. The van der Waals surface area contributed by atoms with E-state index in [-0.39, 0.29) is 17.9 Å². The van der Waals surface area contributed by atoms with E-state index < -0.39 is 17.6 Å². The number of halogens is 3. The maximum Gasteiger partial charge on any atom is 0.220 e. The van der Waals surface area contributed by atoms with E-state index in [1.807, 2.05) is 0 Å². The molecule has 0 unspecified atom stereocenters. The van der Waals surface area contributed by atoms with Gasteiger partial charge < -0.3 is 5.32 Å². The highest BCUT2D eigenvalue weighted by atomic mass is 79.9. The molecule has 1 aromatic rings. The van der Waals surface area contributed by atoms with Gasteiger partial charge in [0.1, 0.15) is 11.6 Å². The lowest BCUT2D eigenvalue weighted by Crippen LogP contribution is -2.14. The van der Waals surface area contributed by atoms with Crippen LogP contribution >= 0.6 is 15.9 Å². The average Bonchev–Trinajstić information content (AvgIpc) is 2.49. The summed E-state index contributed by atoms with van der Waals surface area (Å²) in [6.45, 7) is 0.300. The van der Waals surface area contributed by atoms with Crippen LogP contribution in [0.3, 0.4) is 0 Å². The molecular formula is C10H8BrF2NO. The minimum atomic E-state index is -0.608. The molecule has 1 saturated heterocycles. The van der Waals surface area contributed by atoms with Crippen molar-refractivity contribution in [1.29, 1.82) is 0 Å². The van der Waals surface area contributed by atoms with E-state index in [0.29, 0.717) is 11.0 Å². The van der Waals surface area contributed by atoms with Crippen molar-refractivity contribution < 1.29 is 13.6 Å². The van der Waals surface area contributed by atoms with Crippen molar-refractivity contribution >= 4 is 21.8 Å². The molecule has 5 heteroatoms. The zero-order valence-corrected chi connectivity index (χ0v) is 9.27. The first kappa shape index (κ1) is 10.5. The van der Waals surface area contributed by atoms with Gasteiger partial charge in [-0.1, -0.05) is 15.9 Å². The number of rotatable bonds is 1. The Morgan fingerprint density at radius 2 is 1.93 bits per heavy atom. The number of amides is 1. The van der Waals surface area contributed by atoms with Crippen LogP contribution in [0, 0.1) is 11.6 Å². The second kappa shape index (κ2) is 3.89.